The second kappa shape index (κ2) is 9.89. The number of hydrogen-bond acceptors (Lipinski definition) is 4. The number of amides is 1. The van der Waals surface area contributed by atoms with Crippen LogP contribution in [0.3, 0.4) is 0 Å². The molecule has 1 aliphatic heterocycles. The largest absolute Gasteiger partial charge is 0.417 e. The molecule has 9 heteroatoms. The van der Waals surface area contributed by atoms with E-state index in [0.29, 0.717) is 0 Å². The number of carbonyl (C=O) groups excluding carboxylic acids is 1. The van der Waals surface area contributed by atoms with Gasteiger partial charge in [-0.15, -0.1) is 0 Å². The molecule has 2 aromatic heterocycles. The molecule has 1 fully saturated rings. The number of nitrogens with zero attached hydrogens (tertiary/aromatic N) is 2. The fraction of sp³-hybridized carbons (Fsp3) is 0.292. The van der Waals surface area contributed by atoms with Gasteiger partial charge < -0.3 is 10.6 Å². The SMILES string of the molecule is O=C(NCc1ccc(-c2cccnc2)cc1[C@@H]1CCCCN1)c1nccc(C(F)(F)F)c1Cl. The summed E-state index contributed by atoms with van der Waals surface area (Å²) < 4.78 is 39.4. The van der Waals surface area contributed by atoms with Crippen molar-refractivity contribution in [3.8, 4) is 11.1 Å². The minimum absolute atomic E-state index is 0.123. The Labute approximate surface area is 194 Å². The normalized spacial score (nSPS) is 16.4. The maximum absolute atomic E-state index is 13.1. The maximum atomic E-state index is 13.1. The summed E-state index contributed by atoms with van der Waals surface area (Å²) in [5.41, 5.74) is 2.36. The summed E-state index contributed by atoms with van der Waals surface area (Å²) in [5, 5.41) is 5.50. The van der Waals surface area contributed by atoms with Crippen LogP contribution in [0, 0.1) is 0 Å². The van der Waals surface area contributed by atoms with Crippen LogP contribution in [0.25, 0.3) is 11.1 Å². The Morgan fingerprint density at radius 1 is 1.15 bits per heavy atom. The van der Waals surface area contributed by atoms with Gasteiger partial charge in [0.2, 0.25) is 0 Å². The number of aromatic nitrogens is 2. The van der Waals surface area contributed by atoms with Gasteiger partial charge in [-0.3, -0.25) is 9.78 Å². The molecule has 3 heterocycles. The number of piperidine rings is 1. The summed E-state index contributed by atoms with van der Waals surface area (Å²) in [6.45, 7) is 1.03. The number of hydrogen-bond donors (Lipinski definition) is 2. The van der Waals surface area contributed by atoms with E-state index in [1.165, 1.54) is 0 Å². The van der Waals surface area contributed by atoms with E-state index in [1.807, 2.05) is 24.3 Å². The molecule has 0 aliphatic carbocycles. The van der Waals surface area contributed by atoms with Crippen molar-refractivity contribution in [2.45, 2.75) is 38.0 Å². The Kier molecular flexibility index (Phi) is 6.95. The van der Waals surface area contributed by atoms with Gasteiger partial charge in [-0.05, 0) is 59.8 Å². The van der Waals surface area contributed by atoms with Gasteiger partial charge in [-0.2, -0.15) is 13.2 Å². The van der Waals surface area contributed by atoms with E-state index in [1.54, 1.807) is 12.4 Å². The molecule has 172 valence electrons. The zero-order valence-electron chi connectivity index (χ0n) is 17.6. The highest BCUT2D eigenvalue weighted by molar-refractivity contribution is 6.34. The third-order valence-corrected chi connectivity index (χ3v) is 6.06. The molecule has 1 saturated heterocycles. The molecule has 1 aliphatic rings. The van der Waals surface area contributed by atoms with Crippen LogP contribution in [0.2, 0.25) is 5.02 Å². The minimum Gasteiger partial charge on any atom is -0.347 e. The Bertz CT molecular complexity index is 1130. The van der Waals surface area contributed by atoms with Crippen molar-refractivity contribution in [2.24, 2.45) is 0 Å². The van der Waals surface area contributed by atoms with Gasteiger partial charge >= 0.3 is 6.18 Å². The Hall–Kier alpha value is -2.97. The van der Waals surface area contributed by atoms with Crippen molar-refractivity contribution >= 4 is 17.5 Å². The molecule has 4 rings (SSSR count). The van der Waals surface area contributed by atoms with E-state index < -0.39 is 28.4 Å². The first-order valence-corrected chi connectivity index (χ1v) is 11.0. The predicted molar refractivity (Wildman–Crippen MR) is 120 cm³/mol. The number of carbonyl (C=O) groups is 1. The smallest absolute Gasteiger partial charge is 0.347 e. The van der Waals surface area contributed by atoms with Crippen LogP contribution in [0.15, 0.2) is 55.0 Å². The summed E-state index contributed by atoms with van der Waals surface area (Å²) in [6.07, 6.45) is 2.91. The monoisotopic (exact) mass is 474 g/mol. The first-order valence-electron chi connectivity index (χ1n) is 10.6. The standard InChI is InChI=1S/C24H22ClF3N4O/c25-21-19(24(26,27)28)8-11-31-22(21)23(33)32-14-17-7-6-15(16-4-3-9-29-13-16)12-18(17)20-5-1-2-10-30-20/h3-4,6-9,11-13,20,30H,1-2,5,10,14H2,(H,32,33)/t20-/m0/s1. The van der Waals surface area contributed by atoms with E-state index in [-0.39, 0.29) is 12.6 Å². The summed E-state index contributed by atoms with van der Waals surface area (Å²) in [6, 6.07) is 10.7. The summed E-state index contributed by atoms with van der Waals surface area (Å²) >= 11 is 5.85. The molecular weight excluding hydrogens is 453 g/mol. The van der Waals surface area contributed by atoms with Crippen LogP contribution in [0.1, 0.15) is 52.5 Å². The molecule has 0 spiro atoms. The molecular formula is C24H22ClF3N4O. The predicted octanol–water partition coefficient (Wildman–Crippen LogP) is 5.56. The second-order valence-electron chi connectivity index (χ2n) is 7.86. The number of nitrogens with one attached hydrogen (secondary N) is 2. The second-order valence-corrected chi connectivity index (χ2v) is 8.24. The van der Waals surface area contributed by atoms with Crippen LogP contribution in [0.5, 0.6) is 0 Å². The molecule has 33 heavy (non-hydrogen) atoms. The minimum atomic E-state index is -4.67. The fourth-order valence-electron chi connectivity index (χ4n) is 3.99. The van der Waals surface area contributed by atoms with Crippen LogP contribution in [0.4, 0.5) is 13.2 Å². The zero-order valence-corrected chi connectivity index (χ0v) is 18.4. The third kappa shape index (κ3) is 5.34. The average Bonchev–Trinajstić information content (AvgIpc) is 2.83. The zero-order chi connectivity index (χ0) is 23.4. The highest BCUT2D eigenvalue weighted by atomic mass is 35.5. The highest BCUT2D eigenvalue weighted by Gasteiger charge is 2.35. The van der Waals surface area contributed by atoms with Gasteiger partial charge in [0.25, 0.3) is 5.91 Å². The van der Waals surface area contributed by atoms with Gasteiger partial charge in [0.15, 0.2) is 0 Å². The summed E-state index contributed by atoms with van der Waals surface area (Å²) in [4.78, 5) is 20.6. The number of alkyl halides is 3. The van der Waals surface area contributed by atoms with Crippen LogP contribution < -0.4 is 10.6 Å². The Balaban J connectivity index is 1.59. The van der Waals surface area contributed by atoms with Gasteiger partial charge in [0.05, 0.1) is 10.6 Å². The molecule has 0 radical (unpaired) electrons. The van der Waals surface area contributed by atoms with Crippen molar-refractivity contribution in [3.63, 3.8) is 0 Å². The summed E-state index contributed by atoms with van der Waals surface area (Å²) in [7, 11) is 0. The molecule has 5 nitrogen and oxygen atoms in total. The quantitative estimate of drug-likeness (QED) is 0.508. The number of halogens is 4. The molecule has 1 atom stereocenters. The fourth-order valence-corrected chi connectivity index (χ4v) is 4.30. The average molecular weight is 475 g/mol. The maximum Gasteiger partial charge on any atom is 0.417 e. The molecule has 1 aromatic carbocycles. The topological polar surface area (TPSA) is 66.9 Å². The molecule has 2 N–H and O–H groups in total. The Morgan fingerprint density at radius 2 is 2.00 bits per heavy atom. The van der Waals surface area contributed by atoms with Crippen LogP contribution in [-0.2, 0) is 12.7 Å². The van der Waals surface area contributed by atoms with Crippen molar-refractivity contribution in [2.75, 3.05) is 6.54 Å². The number of rotatable bonds is 5. The molecule has 1 amide bonds. The first kappa shape index (κ1) is 23.2. The van der Waals surface area contributed by atoms with Crippen LogP contribution >= 0.6 is 11.6 Å². The summed E-state index contributed by atoms with van der Waals surface area (Å²) in [5.74, 6) is -0.759. The lowest BCUT2D eigenvalue weighted by molar-refractivity contribution is -0.137. The van der Waals surface area contributed by atoms with Gasteiger partial charge in [0, 0.05) is 31.2 Å². The molecule has 0 saturated carbocycles. The van der Waals surface area contributed by atoms with Gasteiger partial charge in [-0.1, -0.05) is 36.2 Å². The molecule has 3 aromatic rings. The van der Waals surface area contributed by atoms with Crippen molar-refractivity contribution in [1.29, 1.82) is 0 Å². The van der Waals surface area contributed by atoms with Crippen LogP contribution in [-0.4, -0.2) is 22.4 Å². The van der Waals surface area contributed by atoms with E-state index in [0.717, 1.165) is 60.3 Å². The third-order valence-electron chi connectivity index (χ3n) is 5.68. The highest BCUT2D eigenvalue weighted by Crippen LogP contribution is 2.35. The Morgan fingerprint density at radius 3 is 2.70 bits per heavy atom. The van der Waals surface area contributed by atoms with Gasteiger partial charge in [0.1, 0.15) is 5.69 Å². The lowest BCUT2D eigenvalue weighted by atomic mass is 9.91. The van der Waals surface area contributed by atoms with Crippen molar-refractivity contribution in [1.82, 2.24) is 20.6 Å². The lowest BCUT2D eigenvalue weighted by Gasteiger charge is -2.26. The van der Waals surface area contributed by atoms with Gasteiger partial charge in [-0.25, -0.2) is 4.98 Å². The van der Waals surface area contributed by atoms with E-state index >= 15 is 0 Å². The molecule has 0 unspecified atom stereocenters. The van der Waals surface area contributed by atoms with Crippen molar-refractivity contribution in [3.05, 3.63) is 82.4 Å². The number of benzene rings is 1. The van der Waals surface area contributed by atoms with E-state index in [9.17, 15) is 18.0 Å². The van der Waals surface area contributed by atoms with E-state index in [2.05, 4.69) is 26.7 Å². The lowest BCUT2D eigenvalue weighted by Crippen LogP contribution is -2.30. The van der Waals surface area contributed by atoms with Crippen molar-refractivity contribution < 1.29 is 18.0 Å². The number of pyridine rings is 2. The first-order chi connectivity index (χ1) is 15.8. The van der Waals surface area contributed by atoms with E-state index in [4.69, 9.17) is 11.6 Å². The molecule has 0 bridgehead atoms.